The van der Waals surface area contributed by atoms with Gasteiger partial charge in [0.1, 0.15) is 0 Å². The standard InChI is InChI=1S/C15H21N5/c1-2-3-4-5-6-12-20(14-8-7-9-18-19-14)15-13-16-10-11-17-15/h7-11,13H,2-6,12H2,1H3. The van der Waals surface area contributed by atoms with E-state index in [1.807, 2.05) is 12.1 Å². The smallest absolute Gasteiger partial charge is 0.156 e. The first kappa shape index (κ1) is 14.4. The molecule has 0 spiro atoms. The lowest BCUT2D eigenvalue weighted by Gasteiger charge is -2.21. The summed E-state index contributed by atoms with van der Waals surface area (Å²) < 4.78 is 0. The van der Waals surface area contributed by atoms with Crippen molar-refractivity contribution in [3.05, 3.63) is 36.9 Å². The van der Waals surface area contributed by atoms with Crippen molar-refractivity contribution in [3.8, 4) is 0 Å². The highest BCUT2D eigenvalue weighted by Gasteiger charge is 2.11. The zero-order valence-corrected chi connectivity index (χ0v) is 11.9. The Morgan fingerprint density at radius 3 is 2.60 bits per heavy atom. The van der Waals surface area contributed by atoms with Crippen molar-refractivity contribution >= 4 is 11.6 Å². The average Bonchev–Trinajstić information content (AvgIpc) is 2.53. The molecule has 0 aliphatic heterocycles. The molecule has 2 aromatic rings. The number of nitrogens with zero attached hydrogens (tertiary/aromatic N) is 5. The molecule has 2 aromatic heterocycles. The molecule has 0 amide bonds. The Morgan fingerprint density at radius 2 is 1.90 bits per heavy atom. The van der Waals surface area contributed by atoms with Gasteiger partial charge in [-0.15, -0.1) is 5.10 Å². The molecule has 0 aliphatic carbocycles. The second-order valence-electron chi connectivity index (χ2n) is 4.71. The van der Waals surface area contributed by atoms with Crippen molar-refractivity contribution < 1.29 is 0 Å². The van der Waals surface area contributed by atoms with Crippen LogP contribution in [0, 0.1) is 0 Å². The molecule has 5 heteroatoms. The number of anilines is 2. The van der Waals surface area contributed by atoms with Gasteiger partial charge in [-0.2, -0.15) is 5.10 Å². The fourth-order valence-corrected chi connectivity index (χ4v) is 2.09. The topological polar surface area (TPSA) is 54.8 Å². The van der Waals surface area contributed by atoms with E-state index in [2.05, 4.69) is 32.0 Å². The summed E-state index contributed by atoms with van der Waals surface area (Å²) in [6.45, 7) is 3.12. The van der Waals surface area contributed by atoms with Crippen LogP contribution in [0.5, 0.6) is 0 Å². The van der Waals surface area contributed by atoms with Crippen LogP contribution in [0.1, 0.15) is 39.0 Å². The summed E-state index contributed by atoms with van der Waals surface area (Å²) in [6, 6.07) is 3.84. The molecule has 106 valence electrons. The molecule has 5 nitrogen and oxygen atoms in total. The van der Waals surface area contributed by atoms with Gasteiger partial charge >= 0.3 is 0 Å². The van der Waals surface area contributed by atoms with E-state index >= 15 is 0 Å². The molecule has 0 radical (unpaired) electrons. The summed E-state index contributed by atoms with van der Waals surface area (Å²) in [5.74, 6) is 1.65. The van der Waals surface area contributed by atoms with E-state index in [-0.39, 0.29) is 0 Å². The monoisotopic (exact) mass is 271 g/mol. The number of rotatable bonds is 8. The lowest BCUT2D eigenvalue weighted by molar-refractivity contribution is 0.631. The van der Waals surface area contributed by atoms with Crippen molar-refractivity contribution in [2.45, 2.75) is 39.0 Å². The number of aromatic nitrogens is 4. The van der Waals surface area contributed by atoms with Crippen LogP contribution in [0.25, 0.3) is 0 Å². The highest BCUT2D eigenvalue weighted by atomic mass is 15.3. The summed E-state index contributed by atoms with van der Waals surface area (Å²) >= 11 is 0. The number of hydrogen-bond acceptors (Lipinski definition) is 5. The van der Waals surface area contributed by atoms with Gasteiger partial charge < -0.3 is 4.90 Å². The van der Waals surface area contributed by atoms with Gasteiger partial charge in [0.15, 0.2) is 11.6 Å². The Hall–Kier alpha value is -2.04. The first-order valence-electron chi connectivity index (χ1n) is 7.23. The predicted octanol–water partition coefficient (Wildman–Crippen LogP) is 3.38. The van der Waals surface area contributed by atoms with Gasteiger partial charge in [-0.25, -0.2) is 4.98 Å². The van der Waals surface area contributed by atoms with E-state index in [1.54, 1.807) is 24.8 Å². The Morgan fingerprint density at radius 1 is 1.00 bits per heavy atom. The molecule has 0 fully saturated rings. The van der Waals surface area contributed by atoms with Gasteiger partial charge in [-0.1, -0.05) is 32.6 Å². The molecule has 20 heavy (non-hydrogen) atoms. The highest BCUT2D eigenvalue weighted by Crippen LogP contribution is 2.20. The molecule has 0 saturated carbocycles. The van der Waals surface area contributed by atoms with Gasteiger partial charge in [-0.05, 0) is 18.6 Å². The minimum atomic E-state index is 0.823. The van der Waals surface area contributed by atoms with Crippen LogP contribution in [0.4, 0.5) is 11.6 Å². The number of hydrogen-bond donors (Lipinski definition) is 0. The quantitative estimate of drug-likeness (QED) is 0.689. The van der Waals surface area contributed by atoms with Crippen molar-refractivity contribution in [1.29, 1.82) is 0 Å². The van der Waals surface area contributed by atoms with Crippen molar-refractivity contribution in [2.75, 3.05) is 11.4 Å². The molecule has 0 unspecified atom stereocenters. The van der Waals surface area contributed by atoms with Gasteiger partial charge in [0.25, 0.3) is 0 Å². The molecule has 0 N–H and O–H groups in total. The van der Waals surface area contributed by atoms with Crippen molar-refractivity contribution in [3.63, 3.8) is 0 Å². The minimum Gasteiger partial charge on any atom is -0.308 e. The maximum absolute atomic E-state index is 4.37. The van der Waals surface area contributed by atoms with Gasteiger partial charge in [0.2, 0.25) is 0 Å². The van der Waals surface area contributed by atoms with Crippen molar-refractivity contribution in [2.24, 2.45) is 0 Å². The molecule has 0 aliphatic rings. The maximum atomic E-state index is 4.37. The van der Waals surface area contributed by atoms with Crippen LogP contribution in [-0.4, -0.2) is 26.7 Å². The molecular formula is C15H21N5. The van der Waals surface area contributed by atoms with Gasteiger partial charge in [0, 0.05) is 25.1 Å². The Bertz CT molecular complexity index is 435. The summed E-state index contributed by atoms with van der Waals surface area (Å²) in [4.78, 5) is 10.6. The third-order valence-corrected chi connectivity index (χ3v) is 3.15. The summed E-state index contributed by atoms with van der Waals surface area (Å²) in [6.07, 6.45) is 13.0. The molecule has 2 heterocycles. The lowest BCUT2D eigenvalue weighted by Crippen LogP contribution is -2.21. The van der Waals surface area contributed by atoms with E-state index in [0.29, 0.717) is 0 Å². The van der Waals surface area contributed by atoms with Crippen LogP contribution >= 0.6 is 0 Å². The second-order valence-corrected chi connectivity index (χ2v) is 4.71. The first-order valence-corrected chi connectivity index (χ1v) is 7.23. The van der Waals surface area contributed by atoms with Gasteiger partial charge in [-0.3, -0.25) is 4.98 Å². The van der Waals surface area contributed by atoms with Crippen molar-refractivity contribution in [1.82, 2.24) is 20.2 Å². The van der Waals surface area contributed by atoms with E-state index < -0.39 is 0 Å². The van der Waals surface area contributed by atoms with Crippen LogP contribution < -0.4 is 4.90 Å². The van der Waals surface area contributed by atoms with Crippen LogP contribution in [0.3, 0.4) is 0 Å². The molecule has 0 atom stereocenters. The summed E-state index contributed by atoms with van der Waals surface area (Å²) in [5, 5.41) is 8.13. The largest absolute Gasteiger partial charge is 0.308 e. The van der Waals surface area contributed by atoms with Crippen LogP contribution in [0.2, 0.25) is 0 Å². The summed E-state index contributed by atoms with van der Waals surface area (Å²) in [5.41, 5.74) is 0. The Balaban J connectivity index is 2.02. The maximum Gasteiger partial charge on any atom is 0.156 e. The summed E-state index contributed by atoms with van der Waals surface area (Å²) in [7, 11) is 0. The Kier molecular flexibility index (Phi) is 5.89. The second kappa shape index (κ2) is 8.19. The normalized spacial score (nSPS) is 10.4. The van der Waals surface area contributed by atoms with Gasteiger partial charge in [0.05, 0.1) is 6.20 Å². The van der Waals surface area contributed by atoms with Crippen LogP contribution in [-0.2, 0) is 0 Å². The average molecular weight is 271 g/mol. The van der Waals surface area contributed by atoms with E-state index in [4.69, 9.17) is 0 Å². The predicted molar refractivity (Wildman–Crippen MR) is 79.8 cm³/mol. The Labute approximate surface area is 120 Å². The lowest BCUT2D eigenvalue weighted by atomic mass is 10.1. The fraction of sp³-hybridized carbons (Fsp3) is 0.467. The molecular weight excluding hydrogens is 250 g/mol. The minimum absolute atomic E-state index is 0.823. The fourth-order valence-electron chi connectivity index (χ4n) is 2.09. The molecule has 2 rings (SSSR count). The molecule has 0 saturated heterocycles. The number of unbranched alkanes of at least 4 members (excludes halogenated alkanes) is 4. The van der Waals surface area contributed by atoms with E-state index in [9.17, 15) is 0 Å². The highest BCUT2D eigenvalue weighted by molar-refractivity contribution is 5.53. The molecule has 0 bridgehead atoms. The third kappa shape index (κ3) is 4.26. The van der Waals surface area contributed by atoms with E-state index in [0.717, 1.165) is 24.6 Å². The molecule has 0 aromatic carbocycles. The van der Waals surface area contributed by atoms with Crippen LogP contribution in [0.15, 0.2) is 36.9 Å². The SMILES string of the molecule is CCCCCCCN(c1cnccn1)c1cccnn1. The third-order valence-electron chi connectivity index (χ3n) is 3.15. The zero-order chi connectivity index (χ0) is 14.0. The first-order chi connectivity index (χ1) is 9.92. The van der Waals surface area contributed by atoms with E-state index in [1.165, 1.54) is 25.7 Å². The zero-order valence-electron chi connectivity index (χ0n) is 11.9.